The van der Waals surface area contributed by atoms with Gasteiger partial charge in [0.2, 0.25) is 0 Å². The van der Waals surface area contributed by atoms with Gasteiger partial charge in [-0.3, -0.25) is 4.79 Å². The average molecular weight is 269 g/mol. The summed E-state index contributed by atoms with van der Waals surface area (Å²) in [7, 11) is 1.54. The second-order valence-corrected chi connectivity index (χ2v) is 4.62. The molecule has 0 N–H and O–H groups in total. The number of hydrogen-bond acceptors (Lipinski definition) is 1. The Morgan fingerprint density at radius 3 is 2.53 bits per heavy atom. The van der Waals surface area contributed by atoms with Crippen LogP contribution in [0.4, 0.5) is 13.2 Å². The number of carbonyl (C=O) groups excluding carboxylic acids is 1. The van der Waals surface area contributed by atoms with E-state index in [9.17, 15) is 18.0 Å². The monoisotopic (exact) mass is 269 g/mol. The molecule has 1 aromatic rings. The molecule has 1 fully saturated rings. The smallest absolute Gasteiger partial charge is 0.339 e. The van der Waals surface area contributed by atoms with Crippen LogP contribution >= 0.6 is 0 Å². The van der Waals surface area contributed by atoms with Crippen LogP contribution in [0.2, 0.25) is 0 Å². The molecule has 1 aromatic carbocycles. The van der Waals surface area contributed by atoms with Gasteiger partial charge in [-0.05, 0) is 24.5 Å². The number of alkyl halides is 3. The third-order valence-corrected chi connectivity index (χ3v) is 3.25. The van der Waals surface area contributed by atoms with Crippen LogP contribution in [-0.4, -0.2) is 23.9 Å². The van der Waals surface area contributed by atoms with Crippen molar-refractivity contribution in [1.82, 2.24) is 4.90 Å². The predicted octanol–water partition coefficient (Wildman–Crippen LogP) is 3.58. The van der Waals surface area contributed by atoms with Gasteiger partial charge in [-0.15, -0.1) is 0 Å². The highest BCUT2D eigenvalue weighted by Gasteiger charge is 2.39. The molecule has 5 heteroatoms. The summed E-state index contributed by atoms with van der Waals surface area (Å²) in [5.74, 6) is -0.592. The van der Waals surface area contributed by atoms with E-state index >= 15 is 0 Å². The summed E-state index contributed by atoms with van der Waals surface area (Å²) in [4.78, 5) is 13.6. The van der Waals surface area contributed by atoms with Gasteiger partial charge in [0.25, 0.3) is 5.91 Å². The zero-order valence-electron chi connectivity index (χ0n) is 10.5. The molecule has 1 saturated carbocycles. The van der Waals surface area contributed by atoms with Crippen LogP contribution < -0.4 is 0 Å². The normalized spacial score (nSPS) is 15.2. The quantitative estimate of drug-likeness (QED) is 0.821. The second-order valence-electron chi connectivity index (χ2n) is 4.62. The third kappa shape index (κ3) is 2.64. The Balaban J connectivity index is 2.52. The van der Waals surface area contributed by atoms with Gasteiger partial charge in [0.15, 0.2) is 0 Å². The van der Waals surface area contributed by atoms with Crippen LogP contribution in [0.5, 0.6) is 0 Å². The molecule has 0 heterocycles. The lowest BCUT2D eigenvalue weighted by Gasteiger charge is -2.21. The van der Waals surface area contributed by atoms with E-state index in [0.29, 0.717) is 0 Å². The van der Waals surface area contributed by atoms with Gasteiger partial charge in [0, 0.05) is 13.1 Å². The van der Waals surface area contributed by atoms with E-state index in [1.807, 2.05) is 0 Å². The van der Waals surface area contributed by atoms with Crippen molar-refractivity contribution < 1.29 is 18.0 Å². The van der Waals surface area contributed by atoms with Crippen LogP contribution in [0.25, 0.3) is 6.08 Å². The minimum absolute atomic E-state index is 0.0615. The van der Waals surface area contributed by atoms with Crippen molar-refractivity contribution in [1.29, 1.82) is 0 Å². The first kappa shape index (κ1) is 13.6. The molecule has 19 heavy (non-hydrogen) atoms. The fraction of sp³-hybridized carbons (Fsp3) is 0.357. The Morgan fingerprint density at radius 2 is 2.05 bits per heavy atom. The maximum atomic E-state index is 13.0. The highest BCUT2D eigenvalue weighted by Crippen LogP contribution is 2.35. The lowest BCUT2D eigenvalue weighted by Crippen LogP contribution is -2.31. The van der Waals surface area contributed by atoms with Crippen molar-refractivity contribution in [2.45, 2.75) is 25.1 Å². The first-order chi connectivity index (χ1) is 8.86. The molecular formula is C14H14F3NO. The molecule has 0 saturated heterocycles. The molecule has 2 nitrogen and oxygen atoms in total. The Hall–Kier alpha value is -1.78. The van der Waals surface area contributed by atoms with E-state index in [1.165, 1.54) is 23.1 Å². The lowest BCUT2D eigenvalue weighted by molar-refractivity contribution is -0.138. The summed E-state index contributed by atoms with van der Waals surface area (Å²) in [5.41, 5.74) is -0.992. The van der Waals surface area contributed by atoms with E-state index in [4.69, 9.17) is 0 Å². The average Bonchev–Trinajstić information content (AvgIpc) is 3.19. The molecule has 0 unspecified atom stereocenters. The SMILES string of the molecule is C=Cc1cccc(C(F)(F)F)c1C(=O)N(C)C1CC1. The Morgan fingerprint density at radius 1 is 1.42 bits per heavy atom. The van der Waals surface area contributed by atoms with Gasteiger partial charge >= 0.3 is 6.18 Å². The Kier molecular flexibility index (Phi) is 3.39. The van der Waals surface area contributed by atoms with E-state index in [1.54, 1.807) is 7.05 Å². The van der Waals surface area contributed by atoms with Crippen LogP contribution in [0.1, 0.15) is 34.3 Å². The van der Waals surface area contributed by atoms with E-state index in [-0.39, 0.29) is 17.2 Å². The van der Waals surface area contributed by atoms with E-state index < -0.39 is 17.6 Å². The first-order valence-electron chi connectivity index (χ1n) is 5.96. The van der Waals surface area contributed by atoms with Gasteiger partial charge < -0.3 is 4.90 Å². The molecule has 0 spiro atoms. The fourth-order valence-electron chi connectivity index (χ4n) is 2.02. The molecule has 0 aromatic heterocycles. The third-order valence-electron chi connectivity index (χ3n) is 3.25. The minimum atomic E-state index is -4.55. The Bertz CT molecular complexity index is 518. The molecule has 0 atom stereocenters. The predicted molar refractivity (Wildman–Crippen MR) is 66.7 cm³/mol. The standard InChI is InChI=1S/C14H14F3NO/c1-3-9-5-4-6-11(14(15,16)17)12(9)13(19)18(2)10-7-8-10/h3-6,10H,1,7-8H2,2H3. The number of carbonyl (C=O) groups is 1. The number of rotatable bonds is 3. The number of benzene rings is 1. The largest absolute Gasteiger partial charge is 0.417 e. The van der Waals surface area contributed by atoms with Gasteiger partial charge in [0.05, 0.1) is 11.1 Å². The van der Waals surface area contributed by atoms with Crippen molar-refractivity contribution in [3.05, 3.63) is 41.5 Å². The highest BCUT2D eigenvalue weighted by molar-refractivity contribution is 5.99. The fourth-order valence-corrected chi connectivity index (χ4v) is 2.02. The van der Waals surface area contributed by atoms with Crippen LogP contribution in [0.3, 0.4) is 0 Å². The lowest BCUT2D eigenvalue weighted by atomic mass is 9.99. The van der Waals surface area contributed by atoms with Crippen molar-refractivity contribution >= 4 is 12.0 Å². The summed E-state index contributed by atoms with van der Waals surface area (Å²) in [6, 6.07) is 3.75. The zero-order valence-corrected chi connectivity index (χ0v) is 10.5. The summed E-state index contributed by atoms with van der Waals surface area (Å²) < 4.78 is 39.0. The zero-order chi connectivity index (χ0) is 14.2. The van der Waals surface area contributed by atoms with Gasteiger partial charge in [0.1, 0.15) is 0 Å². The van der Waals surface area contributed by atoms with E-state index in [2.05, 4.69) is 6.58 Å². The molecule has 0 radical (unpaired) electrons. The molecule has 102 valence electrons. The maximum Gasteiger partial charge on any atom is 0.417 e. The molecular weight excluding hydrogens is 255 g/mol. The first-order valence-corrected chi connectivity index (χ1v) is 5.96. The topological polar surface area (TPSA) is 20.3 Å². The molecule has 2 rings (SSSR count). The van der Waals surface area contributed by atoms with E-state index in [0.717, 1.165) is 18.9 Å². The van der Waals surface area contributed by atoms with Gasteiger partial charge in [-0.25, -0.2) is 0 Å². The minimum Gasteiger partial charge on any atom is -0.339 e. The van der Waals surface area contributed by atoms with Crippen LogP contribution in [0, 0.1) is 0 Å². The summed E-state index contributed by atoms with van der Waals surface area (Å²) >= 11 is 0. The summed E-state index contributed by atoms with van der Waals surface area (Å²) in [6.07, 6.45) is -1.57. The summed E-state index contributed by atoms with van der Waals surface area (Å²) in [5, 5.41) is 0. The van der Waals surface area contributed by atoms with Gasteiger partial charge in [-0.1, -0.05) is 24.8 Å². The molecule has 1 aliphatic rings. The number of halogens is 3. The summed E-state index contributed by atoms with van der Waals surface area (Å²) in [6.45, 7) is 3.48. The van der Waals surface area contributed by atoms with Crippen molar-refractivity contribution in [3.8, 4) is 0 Å². The van der Waals surface area contributed by atoms with Crippen LogP contribution in [0.15, 0.2) is 24.8 Å². The molecule has 1 amide bonds. The van der Waals surface area contributed by atoms with Gasteiger partial charge in [-0.2, -0.15) is 13.2 Å². The molecule has 0 aliphatic heterocycles. The number of amides is 1. The van der Waals surface area contributed by atoms with Crippen LogP contribution in [-0.2, 0) is 6.18 Å². The number of hydrogen-bond donors (Lipinski definition) is 0. The second kappa shape index (κ2) is 4.72. The molecule has 0 bridgehead atoms. The van der Waals surface area contributed by atoms with Crippen molar-refractivity contribution in [2.75, 3.05) is 7.05 Å². The van der Waals surface area contributed by atoms with Crippen molar-refractivity contribution in [2.24, 2.45) is 0 Å². The maximum absolute atomic E-state index is 13.0. The highest BCUT2D eigenvalue weighted by atomic mass is 19.4. The van der Waals surface area contributed by atoms with Crippen molar-refractivity contribution in [3.63, 3.8) is 0 Å². The number of nitrogens with zero attached hydrogens (tertiary/aromatic N) is 1. The molecule has 1 aliphatic carbocycles. The Labute approximate surface area is 109 Å².